The Kier molecular flexibility index (Phi) is 5.18. The van der Waals surface area contributed by atoms with E-state index in [-0.39, 0.29) is 0 Å². The lowest BCUT2D eigenvalue weighted by Gasteiger charge is -2.30. The zero-order valence-corrected chi connectivity index (χ0v) is 9.65. The molecule has 1 saturated carbocycles. The average Bonchev–Trinajstić information content (AvgIpc) is 2.03. The lowest BCUT2D eigenvalue weighted by atomic mass is 9.83. The molecular formula is C11H22OS. The fourth-order valence-corrected chi connectivity index (χ4v) is 3.88. The monoisotopic (exact) mass is 202 g/mol. The Morgan fingerprint density at radius 2 is 1.77 bits per heavy atom. The highest BCUT2D eigenvalue weighted by Gasteiger charge is 2.23. The van der Waals surface area contributed by atoms with E-state index in [9.17, 15) is 0 Å². The van der Waals surface area contributed by atoms with Crippen molar-refractivity contribution in [2.45, 2.75) is 44.8 Å². The van der Waals surface area contributed by atoms with E-state index in [1.165, 1.54) is 19.3 Å². The molecule has 13 heavy (non-hydrogen) atoms. The highest BCUT2D eigenvalue weighted by molar-refractivity contribution is 7.99. The second-order valence-electron chi connectivity index (χ2n) is 4.49. The first kappa shape index (κ1) is 11.4. The first-order valence-electron chi connectivity index (χ1n) is 5.44. The van der Waals surface area contributed by atoms with Gasteiger partial charge in [0, 0.05) is 11.9 Å². The van der Waals surface area contributed by atoms with Gasteiger partial charge in [-0.15, -0.1) is 0 Å². The van der Waals surface area contributed by atoms with Crippen molar-refractivity contribution in [3.63, 3.8) is 0 Å². The summed E-state index contributed by atoms with van der Waals surface area (Å²) in [6, 6.07) is 0. The van der Waals surface area contributed by atoms with Crippen LogP contribution in [0.2, 0.25) is 0 Å². The van der Waals surface area contributed by atoms with Gasteiger partial charge >= 0.3 is 0 Å². The molecule has 0 aliphatic heterocycles. The summed E-state index contributed by atoms with van der Waals surface area (Å²) in [5.74, 6) is 2.96. The fourth-order valence-electron chi connectivity index (χ4n) is 2.32. The fraction of sp³-hybridized carbons (Fsp3) is 1.00. The van der Waals surface area contributed by atoms with Gasteiger partial charge in [0.25, 0.3) is 0 Å². The van der Waals surface area contributed by atoms with Crippen LogP contribution < -0.4 is 0 Å². The molecule has 0 heterocycles. The summed E-state index contributed by atoms with van der Waals surface area (Å²) in [5, 5.41) is 9.55. The molecule has 2 atom stereocenters. The third-order valence-electron chi connectivity index (χ3n) is 2.79. The van der Waals surface area contributed by atoms with Crippen molar-refractivity contribution in [3.8, 4) is 0 Å². The third kappa shape index (κ3) is 4.37. The lowest BCUT2D eigenvalue weighted by Crippen LogP contribution is -2.21. The summed E-state index contributed by atoms with van der Waals surface area (Å²) in [6.07, 6.45) is 5.15. The molecule has 0 bridgehead atoms. The second-order valence-corrected chi connectivity index (χ2v) is 5.90. The van der Waals surface area contributed by atoms with E-state index in [2.05, 4.69) is 25.6 Å². The molecule has 0 aromatic rings. The number of aliphatic hydroxyl groups is 1. The van der Waals surface area contributed by atoms with Gasteiger partial charge in [-0.3, -0.25) is 0 Å². The van der Waals surface area contributed by atoms with Crippen LogP contribution in [0.1, 0.15) is 39.5 Å². The molecule has 1 aliphatic carbocycles. The molecule has 1 nitrogen and oxygen atoms in total. The van der Waals surface area contributed by atoms with E-state index in [0.29, 0.717) is 6.61 Å². The quantitative estimate of drug-likeness (QED) is 0.707. The van der Waals surface area contributed by atoms with Gasteiger partial charge in [0.2, 0.25) is 0 Å². The Bertz CT molecular complexity index is 128. The van der Waals surface area contributed by atoms with Gasteiger partial charge in [-0.1, -0.05) is 13.8 Å². The summed E-state index contributed by atoms with van der Waals surface area (Å²) < 4.78 is 0. The van der Waals surface area contributed by atoms with Gasteiger partial charge in [-0.2, -0.15) is 11.8 Å². The molecule has 1 aliphatic rings. The minimum Gasteiger partial charge on any atom is -0.396 e. The Morgan fingerprint density at radius 1 is 1.15 bits per heavy atom. The minimum atomic E-state index is 0.352. The van der Waals surface area contributed by atoms with Crippen molar-refractivity contribution in [3.05, 3.63) is 0 Å². The Balaban J connectivity index is 2.17. The zero-order chi connectivity index (χ0) is 9.68. The van der Waals surface area contributed by atoms with Gasteiger partial charge < -0.3 is 5.11 Å². The van der Waals surface area contributed by atoms with Gasteiger partial charge in [0.15, 0.2) is 0 Å². The van der Waals surface area contributed by atoms with Crippen molar-refractivity contribution in [1.82, 2.24) is 0 Å². The lowest BCUT2D eigenvalue weighted by molar-refractivity contribution is 0.295. The second kappa shape index (κ2) is 5.92. The first-order valence-corrected chi connectivity index (χ1v) is 6.49. The standard InChI is InChI=1S/C11H22OS/c1-9-6-10(2)8-11(7-9)13-5-3-4-12/h9-12H,3-8H2,1-2H3. The van der Waals surface area contributed by atoms with Crippen molar-refractivity contribution in [1.29, 1.82) is 0 Å². The average molecular weight is 202 g/mol. The van der Waals surface area contributed by atoms with Crippen LogP contribution in [0, 0.1) is 11.8 Å². The summed E-state index contributed by atoms with van der Waals surface area (Å²) in [7, 11) is 0. The van der Waals surface area contributed by atoms with Crippen LogP contribution in [-0.2, 0) is 0 Å². The van der Waals surface area contributed by atoms with E-state index < -0.39 is 0 Å². The van der Waals surface area contributed by atoms with Gasteiger partial charge in [-0.05, 0) is 43.3 Å². The molecule has 0 radical (unpaired) electrons. The number of hydrogen-bond donors (Lipinski definition) is 1. The summed E-state index contributed by atoms with van der Waals surface area (Å²) in [5.41, 5.74) is 0. The smallest absolute Gasteiger partial charge is 0.0438 e. The van der Waals surface area contributed by atoms with Crippen LogP contribution in [0.5, 0.6) is 0 Å². The molecule has 2 unspecified atom stereocenters. The predicted molar refractivity (Wildman–Crippen MR) is 60.1 cm³/mol. The molecule has 1 fully saturated rings. The molecule has 1 N–H and O–H groups in total. The van der Waals surface area contributed by atoms with Crippen molar-refractivity contribution >= 4 is 11.8 Å². The maximum absolute atomic E-state index is 8.69. The van der Waals surface area contributed by atoms with Crippen molar-refractivity contribution < 1.29 is 5.11 Å². The number of rotatable bonds is 4. The van der Waals surface area contributed by atoms with Gasteiger partial charge in [0.05, 0.1) is 0 Å². The van der Waals surface area contributed by atoms with Crippen LogP contribution in [-0.4, -0.2) is 22.7 Å². The van der Waals surface area contributed by atoms with E-state index >= 15 is 0 Å². The molecule has 2 heteroatoms. The number of thioether (sulfide) groups is 1. The highest BCUT2D eigenvalue weighted by Crippen LogP contribution is 2.35. The molecule has 0 aromatic heterocycles. The van der Waals surface area contributed by atoms with Gasteiger partial charge in [0.1, 0.15) is 0 Å². The summed E-state index contributed by atoms with van der Waals surface area (Å²) in [4.78, 5) is 0. The topological polar surface area (TPSA) is 20.2 Å². The van der Waals surface area contributed by atoms with Crippen molar-refractivity contribution in [2.24, 2.45) is 11.8 Å². The predicted octanol–water partition coefficient (Wildman–Crippen LogP) is 2.93. The molecule has 0 spiro atoms. The van der Waals surface area contributed by atoms with Gasteiger partial charge in [-0.25, -0.2) is 0 Å². The normalized spacial score (nSPS) is 34.8. The van der Waals surface area contributed by atoms with Crippen LogP contribution in [0.3, 0.4) is 0 Å². The van der Waals surface area contributed by atoms with Crippen LogP contribution in [0.25, 0.3) is 0 Å². The van der Waals surface area contributed by atoms with E-state index in [0.717, 1.165) is 29.3 Å². The molecular weight excluding hydrogens is 180 g/mol. The summed E-state index contributed by atoms with van der Waals surface area (Å²) >= 11 is 2.07. The SMILES string of the molecule is CC1CC(C)CC(SCCCO)C1. The van der Waals surface area contributed by atoms with Crippen LogP contribution in [0.4, 0.5) is 0 Å². The van der Waals surface area contributed by atoms with Crippen LogP contribution in [0.15, 0.2) is 0 Å². The minimum absolute atomic E-state index is 0.352. The maximum Gasteiger partial charge on any atom is 0.0438 e. The Labute approximate surface area is 86.3 Å². The van der Waals surface area contributed by atoms with E-state index in [4.69, 9.17) is 5.11 Å². The van der Waals surface area contributed by atoms with E-state index in [1.54, 1.807) is 0 Å². The molecule has 78 valence electrons. The highest BCUT2D eigenvalue weighted by atomic mass is 32.2. The maximum atomic E-state index is 8.69. The number of aliphatic hydroxyl groups excluding tert-OH is 1. The summed E-state index contributed by atoms with van der Waals surface area (Å²) in [6.45, 7) is 5.09. The van der Waals surface area contributed by atoms with Crippen LogP contribution >= 0.6 is 11.8 Å². The number of hydrogen-bond acceptors (Lipinski definition) is 2. The van der Waals surface area contributed by atoms with Crippen molar-refractivity contribution in [2.75, 3.05) is 12.4 Å². The molecule has 0 saturated heterocycles. The molecule has 1 rings (SSSR count). The zero-order valence-electron chi connectivity index (χ0n) is 8.83. The largest absolute Gasteiger partial charge is 0.396 e. The Hall–Kier alpha value is 0.310. The molecule has 0 aromatic carbocycles. The third-order valence-corrected chi connectivity index (χ3v) is 4.17. The first-order chi connectivity index (χ1) is 6.22. The molecule has 0 amide bonds. The van der Waals surface area contributed by atoms with E-state index in [1.807, 2.05) is 0 Å². The Morgan fingerprint density at radius 3 is 2.31 bits per heavy atom.